The molecule has 0 aromatic heterocycles. The van der Waals surface area contributed by atoms with Crippen LogP contribution in [-0.2, 0) is 0 Å². The number of allylic oxidation sites excluding steroid dienone is 2. The van der Waals surface area contributed by atoms with Crippen LogP contribution < -0.4 is 5.73 Å². The standard InChI is InChI=1S/C16H26N2S/c17-15-14-12-13(14)8-6-4-2-1-3-5-7-9-16(10-11-16)19-18-15/h6,8,13-14H,1-5,7,9-12H2,(H2,17,18)/b8-6+. The minimum atomic E-state index is 0.477. The zero-order valence-electron chi connectivity index (χ0n) is 11.8. The zero-order chi connectivity index (χ0) is 13.1. The van der Waals surface area contributed by atoms with Gasteiger partial charge in [-0.1, -0.05) is 37.8 Å². The van der Waals surface area contributed by atoms with Crippen LogP contribution >= 0.6 is 11.9 Å². The molecule has 2 unspecified atom stereocenters. The Bertz CT molecular complexity index is 371. The fraction of sp³-hybridized carbons (Fsp3) is 0.812. The van der Waals surface area contributed by atoms with Crippen molar-refractivity contribution in [3.63, 3.8) is 0 Å². The monoisotopic (exact) mass is 278 g/mol. The molecule has 0 aromatic rings. The van der Waals surface area contributed by atoms with Crippen molar-refractivity contribution in [1.29, 1.82) is 0 Å². The molecule has 0 aromatic carbocycles. The second kappa shape index (κ2) is 5.90. The summed E-state index contributed by atoms with van der Waals surface area (Å²) in [6.45, 7) is 0. The van der Waals surface area contributed by atoms with Crippen molar-refractivity contribution >= 4 is 17.8 Å². The van der Waals surface area contributed by atoms with E-state index in [-0.39, 0.29) is 0 Å². The van der Waals surface area contributed by atoms with Gasteiger partial charge in [0.15, 0.2) is 0 Å². The third-order valence-corrected chi connectivity index (χ3v) is 6.06. The molecule has 1 spiro atoms. The lowest BCUT2D eigenvalue weighted by atomic mass is 10.1. The summed E-state index contributed by atoms with van der Waals surface area (Å²) in [5, 5.41) is 0. The maximum atomic E-state index is 6.14. The molecule has 1 aliphatic heterocycles. The molecule has 106 valence electrons. The van der Waals surface area contributed by atoms with Gasteiger partial charge < -0.3 is 5.73 Å². The molecule has 2 aliphatic carbocycles. The van der Waals surface area contributed by atoms with E-state index < -0.39 is 0 Å². The predicted octanol–water partition coefficient (Wildman–Crippen LogP) is 4.46. The van der Waals surface area contributed by atoms with Crippen LogP contribution in [0.25, 0.3) is 0 Å². The lowest BCUT2D eigenvalue weighted by Crippen LogP contribution is -2.15. The first-order valence-corrected chi connectivity index (χ1v) is 8.75. The molecule has 1 heterocycles. The Morgan fingerprint density at radius 1 is 1.11 bits per heavy atom. The minimum Gasteiger partial charge on any atom is -0.386 e. The van der Waals surface area contributed by atoms with Crippen molar-refractivity contribution in [3.8, 4) is 0 Å². The topological polar surface area (TPSA) is 38.4 Å². The fourth-order valence-corrected chi connectivity index (χ4v) is 3.98. The van der Waals surface area contributed by atoms with Gasteiger partial charge in [0.25, 0.3) is 0 Å². The Morgan fingerprint density at radius 2 is 1.89 bits per heavy atom. The number of amidine groups is 1. The highest BCUT2D eigenvalue weighted by Gasteiger charge is 2.44. The molecule has 3 aliphatic rings. The number of fused-ring (bicyclic) bond motifs is 1. The second-order valence-corrected chi connectivity index (χ2v) is 7.76. The summed E-state index contributed by atoms with van der Waals surface area (Å²) in [5.74, 6) is 2.13. The van der Waals surface area contributed by atoms with Crippen LogP contribution in [-0.4, -0.2) is 10.6 Å². The summed E-state index contributed by atoms with van der Waals surface area (Å²) in [5.41, 5.74) is 6.14. The largest absolute Gasteiger partial charge is 0.386 e. The van der Waals surface area contributed by atoms with Crippen molar-refractivity contribution in [2.75, 3.05) is 0 Å². The van der Waals surface area contributed by atoms with Crippen LogP contribution in [0.15, 0.2) is 16.5 Å². The van der Waals surface area contributed by atoms with E-state index in [1.165, 1.54) is 64.2 Å². The highest BCUT2D eigenvalue weighted by atomic mass is 32.2. The maximum absolute atomic E-state index is 6.14. The summed E-state index contributed by atoms with van der Waals surface area (Å²) >= 11 is 1.80. The number of hydrogen-bond donors (Lipinski definition) is 1. The maximum Gasteiger partial charge on any atom is 0.111 e. The molecule has 2 atom stereocenters. The molecular formula is C16H26N2S. The van der Waals surface area contributed by atoms with Gasteiger partial charge in [-0.25, -0.2) is 4.40 Å². The van der Waals surface area contributed by atoms with Crippen molar-refractivity contribution in [2.24, 2.45) is 22.0 Å². The summed E-state index contributed by atoms with van der Waals surface area (Å²) in [6, 6.07) is 0. The van der Waals surface area contributed by atoms with Crippen molar-refractivity contribution in [1.82, 2.24) is 0 Å². The Labute approximate surface area is 121 Å². The third kappa shape index (κ3) is 3.77. The van der Waals surface area contributed by atoms with Crippen LogP contribution in [0.2, 0.25) is 0 Å². The Morgan fingerprint density at radius 3 is 2.74 bits per heavy atom. The molecule has 0 radical (unpaired) electrons. The van der Waals surface area contributed by atoms with Gasteiger partial charge in [-0.3, -0.25) is 0 Å². The van der Waals surface area contributed by atoms with Crippen LogP contribution in [0.3, 0.4) is 0 Å². The normalized spacial score (nSPS) is 39.3. The molecule has 2 saturated carbocycles. The van der Waals surface area contributed by atoms with Gasteiger partial charge >= 0.3 is 0 Å². The first kappa shape index (κ1) is 13.5. The average molecular weight is 278 g/mol. The Balaban J connectivity index is 1.59. The SMILES string of the molecule is N/C1=N\SC2(CCCCCCC/C=C/C3CC13)CC2. The van der Waals surface area contributed by atoms with Gasteiger partial charge in [0.2, 0.25) is 0 Å². The lowest BCUT2D eigenvalue weighted by Gasteiger charge is -2.11. The van der Waals surface area contributed by atoms with E-state index in [0.29, 0.717) is 16.6 Å². The van der Waals surface area contributed by atoms with Gasteiger partial charge in [0.05, 0.1) is 0 Å². The van der Waals surface area contributed by atoms with E-state index in [0.717, 1.165) is 5.84 Å². The van der Waals surface area contributed by atoms with Gasteiger partial charge in [-0.05, 0) is 56.4 Å². The van der Waals surface area contributed by atoms with Gasteiger partial charge in [-0.15, -0.1) is 0 Å². The summed E-state index contributed by atoms with van der Waals surface area (Å²) in [7, 11) is 0. The number of rotatable bonds is 0. The van der Waals surface area contributed by atoms with Crippen LogP contribution in [0, 0.1) is 11.8 Å². The van der Waals surface area contributed by atoms with E-state index in [1.807, 2.05) is 0 Å². The van der Waals surface area contributed by atoms with Crippen molar-refractivity contribution < 1.29 is 0 Å². The zero-order valence-corrected chi connectivity index (χ0v) is 12.6. The van der Waals surface area contributed by atoms with E-state index in [4.69, 9.17) is 5.73 Å². The van der Waals surface area contributed by atoms with Crippen LogP contribution in [0.4, 0.5) is 0 Å². The molecule has 0 bridgehead atoms. The van der Waals surface area contributed by atoms with E-state index >= 15 is 0 Å². The summed E-state index contributed by atoms with van der Waals surface area (Å²) in [4.78, 5) is 0. The lowest BCUT2D eigenvalue weighted by molar-refractivity contribution is 0.586. The molecule has 2 N–H and O–H groups in total. The van der Waals surface area contributed by atoms with E-state index in [2.05, 4.69) is 16.5 Å². The number of hydrogen-bond acceptors (Lipinski definition) is 3. The number of nitrogens with two attached hydrogens (primary N) is 1. The molecule has 3 rings (SSSR count). The average Bonchev–Trinajstić information content (AvgIpc) is 3.30. The van der Waals surface area contributed by atoms with Crippen molar-refractivity contribution in [3.05, 3.63) is 12.2 Å². The smallest absolute Gasteiger partial charge is 0.111 e. The fourth-order valence-electron chi connectivity index (χ4n) is 3.02. The predicted molar refractivity (Wildman–Crippen MR) is 84.2 cm³/mol. The van der Waals surface area contributed by atoms with E-state index in [1.54, 1.807) is 11.9 Å². The van der Waals surface area contributed by atoms with Gasteiger partial charge in [0, 0.05) is 10.7 Å². The number of nitrogens with zero attached hydrogens (tertiary/aromatic N) is 1. The van der Waals surface area contributed by atoms with Crippen molar-refractivity contribution in [2.45, 2.75) is 69.0 Å². The molecule has 3 heteroatoms. The molecule has 19 heavy (non-hydrogen) atoms. The highest BCUT2D eigenvalue weighted by molar-refractivity contribution is 7.99. The first-order chi connectivity index (χ1) is 9.29. The molecule has 0 amide bonds. The van der Waals surface area contributed by atoms with E-state index in [9.17, 15) is 0 Å². The molecule has 0 saturated heterocycles. The molecule has 2 nitrogen and oxygen atoms in total. The minimum absolute atomic E-state index is 0.477. The summed E-state index contributed by atoms with van der Waals surface area (Å²) in [6.07, 6.45) is 18.2. The second-order valence-electron chi connectivity index (χ2n) is 6.53. The van der Waals surface area contributed by atoms with Crippen LogP contribution in [0.5, 0.6) is 0 Å². The quantitative estimate of drug-likeness (QED) is 0.525. The molecular weight excluding hydrogens is 252 g/mol. The van der Waals surface area contributed by atoms with Crippen LogP contribution in [0.1, 0.15) is 64.2 Å². The first-order valence-electron chi connectivity index (χ1n) is 7.97. The highest BCUT2D eigenvalue weighted by Crippen LogP contribution is 2.53. The van der Waals surface area contributed by atoms with Gasteiger partial charge in [-0.2, -0.15) is 0 Å². The third-order valence-electron chi connectivity index (χ3n) is 4.76. The Kier molecular flexibility index (Phi) is 4.21. The summed E-state index contributed by atoms with van der Waals surface area (Å²) < 4.78 is 5.13. The Hall–Kier alpha value is -0.440. The molecule has 2 fully saturated rings. The van der Waals surface area contributed by atoms with Gasteiger partial charge in [0.1, 0.15) is 5.84 Å².